The van der Waals surface area contributed by atoms with Gasteiger partial charge in [0, 0.05) is 32.3 Å². The summed E-state index contributed by atoms with van der Waals surface area (Å²) in [4.78, 5) is 0. The quantitative estimate of drug-likeness (QED) is 0.890. The Morgan fingerprint density at radius 2 is 2.11 bits per heavy atom. The number of nitrogens with zero attached hydrogens (tertiary/aromatic N) is 2. The number of nitrogens with two attached hydrogens (primary N) is 1. The monoisotopic (exact) mass is 251 g/mol. The number of hydrogen-bond acceptors (Lipinski definition) is 3. The van der Waals surface area contributed by atoms with Crippen molar-refractivity contribution in [2.75, 3.05) is 7.11 Å². The van der Waals surface area contributed by atoms with Crippen LogP contribution in [0, 0.1) is 6.92 Å². The molecule has 1 unspecified atom stereocenters. The molecule has 0 spiro atoms. The molecular weight excluding hydrogens is 226 g/mol. The zero-order valence-corrected chi connectivity index (χ0v) is 11.8. The molecule has 4 heteroatoms. The van der Waals surface area contributed by atoms with Crippen molar-refractivity contribution >= 4 is 0 Å². The van der Waals surface area contributed by atoms with Crippen LogP contribution >= 0.6 is 0 Å². The zero-order chi connectivity index (χ0) is 13.2. The van der Waals surface area contributed by atoms with Crippen molar-refractivity contribution in [2.45, 2.75) is 57.1 Å². The van der Waals surface area contributed by atoms with Crippen LogP contribution in [0.3, 0.4) is 0 Å². The molecule has 1 heterocycles. The topological polar surface area (TPSA) is 53.1 Å². The van der Waals surface area contributed by atoms with Gasteiger partial charge in [-0.05, 0) is 25.8 Å². The largest absolute Gasteiger partial charge is 0.377 e. The van der Waals surface area contributed by atoms with Gasteiger partial charge in [-0.3, -0.25) is 4.68 Å². The Hall–Kier alpha value is -0.870. The molecule has 0 aromatic carbocycles. The van der Waals surface area contributed by atoms with Gasteiger partial charge in [0.1, 0.15) is 0 Å². The van der Waals surface area contributed by atoms with Crippen LogP contribution in [-0.4, -0.2) is 28.5 Å². The second-order valence-electron chi connectivity index (χ2n) is 5.54. The van der Waals surface area contributed by atoms with Crippen molar-refractivity contribution in [2.24, 2.45) is 12.8 Å². The first kappa shape index (κ1) is 13.6. The summed E-state index contributed by atoms with van der Waals surface area (Å²) in [5, 5.41) is 4.38. The Morgan fingerprint density at radius 1 is 1.44 bits per heavy atom. The molecule has 1 atom stereocenters. The van der Waals surface area contributed by atoms with E-state index in [0.717, 1.165) is 25.0 Å². The lowest BCUT2D eigenvalue weighted by Gasteiger charge is -2.40. The third kappa shape index (κ3) is 2.59. The summed E-state index contributed by atoms with van der Waals surface area (Å²) in [5.74, 6) is 0. The maximum atomic E-state index is 6.44. The zero-order valence-electron chi connectivity index (χ0n) is 11.8. The van der Waals surface area contributed by atoms with E-state index in [1.54, 1.807) is 7.11 Å². The van der Waals surface area contributed by atoms with Crippen LogP contribution in [0.1, 0.15) is 43.5 Å². The Morgan fingerprint density at radius 3 is 2.61 bits per heavy atom. The fraction of sp³-hybridized carbons (Fsp3) is 0.786. The van der Waals surface area contributed by atoms with E-state index in [-0.39, 0.29) is 11.6 Å². The minimum Gasteiger partial charge on any atom is -0.377 e. The smallest absolute Gasteiger partial charge is 0.0832 e. The normalized spacial score (nSPS) is 20.9. The number of aryl methyl sites for hydroxylation is 2. The Labute approximate surface area is 110 Å². The first-order valence-corrected chi connectivity index (χ1v) is 6.88. The average molecular weight is 251 g/mol. The first-order chi connectivity index (χ1) is 8.57. The number of rotatable bonds is 4. The van der Waals surface area contributed by atoms with Crippen LogP contribution < -0.4 is 5.73 Å². The van der Waals surface area contributed by atoms with E-state index in [4.69, 9.17) is 10.5 Å². The maximum Gasteiger partial charge on any atom is 0.0832 e. The number of hydrogen-bond donors (Lipinski definition) is 1. The van der Waals surface area contributed by atoms with E-state index in [9.17, 15) is 0 Å². The van der Waals surface area contributed by atoms with E-state index < -0.39 is 0 Å². The van der Waals surface area contributed by atoms with Crippen LogP contribution in [0.4, 0.5) is 0 Å². The predicted molar refractivity (Wildman–Crippen MR) is 72.4 cm³/mol. The van der Waals surface area contributed by atoms with E-state index >= 15 is 0 Å². The fourth-order valence-corrected chi connectivity index (χ4v) is 3.14. The minimum absolute atomic E-state index is 0.0533. The summed E-state index contributed by atoms with van der Waals surface area (Å²) in [6.07, 6.45) is 6.77. The molecule has 1 aromatic heterocycles. The highest BCUT2D eigenvalue weighted by Gasteiger charge is 2.38. The molecule has 1 aromatic rings. The van der Waals surface area contributed by atoms with Gasteiger partial charge in [-0.2, -0.15) is 5.10 Å². The standard InChI is InChI=1S/C14H25N3O/c1-11-9-12(17(2)16-11)10-13(15)14(18-3)7-5-4-6-8-14/h9,13H,4-8,10,15H2,1-3H3. The van der Waals surface area contributed by atoms with Crippen LogP contribution in [0.2, 0.25) is 0 Å². The van der Waals surface area contributed by atoms with Crippen LogP contribution in [0.5, 0.6) is 0 Å². The molecule has 0 bridgehead atoms. The molecule has 0 radical (unpaired) electrons. The molecular formula is C14H25N3O. The molecule has 1 aliphatic rings. The van der Waals surface area contributed by atoms with Gasteiger partial charge in [0.25, 0.3) is 0 Å². The minimum atomic E-state index is -0.129. The van der Waals surface area contributed by atoms with Gasteiger partial charge in [-0.1, -0.05) is 19.3 Å². The van der Waals surface area contributed by atoms with Crippen molar-refractivity contribution in [1.29, 1.82) is 0 Å². The third-order valence-corrected chi connectivity index (χ3v) is 4.31. The lowest BCUT2D eigenvalue weighted by Crippen LogP contribution is -2.52. The molecule has 0 amide bonds. The molecule has 18 heavy (non-hydrogen) atoms. The Bertz CT molecular complexity index is 394. The van der Waals surface area contributed by atoms with E-state index in [2.05, 4.69) is 11.2 Å². The number of aromatic nitrogens is 2. The molecule has 2 rings (SSSR count). The molecule has 0 aliphatic heterocycles. The summed E-state index contributed by atoms with van der Waals surface area (Å²) < 4.78 is 7.74. The molecule has 0 saturated heterocycles. The van der Waals surface area contributed by atoms with Gasteiger partial charge < -0.3 is 10.5 Å². The molecule has 1 fully saturated rings. The van der Waals surface area contributed by atoms with Crippen LogP contribution in [0.15, 0.2) is 6.07 Å². The van der Waals surface area contributed by atoms with Crippen molar-refractivity contribution in [3.8, 4) is 0 Å². The van der Waals surface area contributed by atoms with Crippen LogP contribution in [0.25, 0.3) is 0 Å². The van der Waals surface area contributed by atoms with Gasteiger partial charge >= 0.3 is 0 Å². The summed E-state index contributed by atoms with van der Waals surface area (Å²) >= 11 is 0. The molecule has 102 valence electrons. The lowest BCUT2D eigenvalue weighted by atomic mass is 9.78. The second kappa shape index (κ2) is 5.41. The van der Waals surface area contributed by atoms with Crippen molar-refractivity contribution in [3.05, 3.63) is 17.5 Å². The van der Waals surface area contributed by atoms with Gasteiger partial charge in [0.15, 0.2) is 0 Å². The highest BCUT2D eigenvalue weighted by atomic mass is 16.5. The number of ether oxygens (including phenoxy) is 1. The summed E-state index contributed by atoms with van der Waals surface area (Å²) in [5.41, 5.74) is 8.56. The van der Waals surface area contributed by atoms with E-state index in [0.29, 0.717) is 0 Å². The summed E-state index contributed by atoms with van der Waals surface area (Å²) in [6.45, 7) is 2.02. The van der Waals surface area contributed by atoms with E-state index in [1.165, 1.54) is 25.0 Å². The summed E-state index contributed by atoms with van der Waals surface area (Å²) in [7, 11) is 3.79. The highest BCUT2D eigenvalue weighted by molar-refractivity contribution is 5.12. The highest BCUT2D eigenvalue weighted by Crippen LogP contribution is 2.34. The van der Waals surface area contributed by atoms with Gasteiger partial charge in [0.05, 0.1) is 11.3 Å². The predicted octanol–water partition coefficient (Wildman–Crippen LogP) is 1.95. The SMILES string of the molecule is COC1(C(N)Cc2cc(C)nn2C)CCCCC1. The van der Waals surface area contributed by atoms with Gasteiger partial charge in [-0.15, -0.1) is 0 Å². The Balaban J connectivity index is 2.10. The average Bonchev–Trinajstić information content (AvgIpc) is 2.68. The lowest BCUT2D eigenvalue weighted by molar-refractivity contribution is -0.0585. The Kier molecular flexibility index (Phi) is 4.07. The van der Waals surface area contributed by atoms with Gasteiger partial charge in [-0.25, -0.2) is 0 Å². The van der Waals surface area contributed by atoms with Crippen molar-refractivity contribution in [1.82, 2.24) is 9.78 Å². The molecule has 4 nitrogen and oxygen atoms in total. The third-order valence-electron chi connectivity index (χ3n) is 4.31. The van der Waals surface area contributed by atoms with Crippen molar-refractivity contribution in [3.63, 3.8) is 0 Å². The first-order valence-electron chi connectivity index (χ1n) is 6.88. The molecule has 2 N–H and O–H groups in total. The van der Waals surface area contributed by atoms with Gasteiger partial charge in [0.2, 0.25) is 0 Å². The number of methoxy groups -OCH3 is 1. The fourth-order valence-electron chi connectivity index (χ4n) is 3.14. The summed E-state index contributed by atoms with van der Waals surface area (Å²) in [6, 6.07) is 2.17. The molecule has 1 saturated carbocycles. The van der Waals surface area contributed by atoms with Crippen LogP contribution in [-0.2, 0) is 18.2 Å². The van der Waals surface area contributed by atoms with Crippen molar-refractivity contribution < 1.29 is 4.74 Å². The maximum absolute atomic E-state index is 6.44. The van der Waals surface area contributed by atoms with E-state index in [1.807, 2.05) is 18.7 Å². The second-order valence-corrected chi connectivity index (χ2v) is 5.54. The molecule has 1 aliphatic carbocycles.